The molecule has 16 heteroatoms. The Morgan fingerprint density at radius 3 is 1.17 bits per heavy atom. The van der Waals surface area contributed by atoms with Gasteiger partial charge in [0, 0.05) is 0 Å². The number of aryl methyl sites for hydroxylation is 1. The molecule has 0 aliphatic rings. The minimum atomic E-state index is -2.10. The molecule has 0 radical (unpaired) electrons. The number of esters is 2. The van der Waals surface area contributed by atoms with Crippen molar-refractivity contribution in [1.82, 2.24) is 0 Å². The molecular weight excluding hydrogens is 893 g/mol. The van der Waals surface area contributed by atoms with Gasteiger partial charge < -0.3 is 35.4 Å². The highest BCUT2D eigenvalue weighted by atomic mass is 28.5. The van der Waals surface area contributed by atoms with Crippen LogP contribution in [-0.4, -0.2) is 75.5 Å². The van der Waals surface area contributed by atoms with E-state index in [1.54, 1.807) is 73.7 Å². The summed E-state index contributed by atoms with van der Waals surface area (Å²) in [5.74, 6) is 1.21. The summed E-state index contributed by atoms with van der Waals surface area (Å²) in [5.41, 5.74) is 1.49. The fourth-order valence-electron chi connectivity index (χ4n) is 7.84. The number of carbonyl (C=O) groups is 2. The van der Waals surface area contributed by atoms with Gasteiger partial charge in [0.1, 0.15) is 23.0 Å². The van der Waals surface area contributed by atoms with Gasteiger partial charge in [-0.05, 0) is 196 Å². The summed E-state index contributed by atoms with van der Waals surface area (Å²) in [4.78, 5) is 25.9. The van der Waals surface area contributed by atoms with Crippen LogP contribution >= 0.6 is 0 Å². The molecule has 0 aliphatic heterocycles. The van der Waals surface area contributed by atoms with Crippen molar-refractivity contribution in [1.29, 1.82) is 0 Å². The Morgan fingerprint density at radius 1 is 0.429 bits per heavy atom. The molecule has 0 unspecified atom stereocenters. The van der Waals surface area contributed by atoms with Crippen LogP contribution in [0.25, 0.3) is 0 Å². The molecule has 0 aromatic heterocycles. The molecule has 3 aromatic rings. The first-order valence-corrected chi connectivity index (χ1v) is 41.6. The number of carbonyl (C=O) groups excluding carboxylic acids is 2. The molecule has 0 saturated carbocycles. The SMILES string of the molecule is Cc1cc(OC(=O)c2ccc(OCCCCCC[Si](C)(C)O[Si](C)(C)O[Si](C)(C)C)cc2)ccc1OC(=O)c1ccc(OCCCCCC[Si](C)(C)O[Si](C)(C)O[Si](C)(C)C)cc1. The zero-order valence-electron chi connectivity index (χ0n) is 41.4. The molecule has 0 saturated heterocycles. The molecule has 63 heavy (non-hydrogen) atoms. The monoisotopic (exact) mass is 972 g/mol. The van der Waals surface area contributed by atoms with E-state index in [2.05, 4.69) is 91.7 Å². The van der Waals surface area contributed by atoms with Crippen molar-refractivity contribution in [3.8, 4) is 23.0 Å². The predicted molar refractivity (Wildman–Crippen MR) is 272 cm³/mol. The molecule has 3 aromatic carbocycles. The molecule has 0 bridgehead atoms. The standard InChI is InChI=1S/C47H80O10Si6/c1-39-38-44(52-46(48)40-24-28-42(29-25-40)50-34-20-16-18-22-36-60(8,9)56-62(12,13)54-58(2,3)4)32-33-45(39)53-47(49)41-26-30-43(31-27-41)51-35-21-17-19-23-37-61(10,11)57-63(14,15)55-59(5,6)7/h24-33,38H,16-23,34-37H2,1-15H3. The molecule has 352 valence electrons. The fourth-order valence-corrected chi connectivity index (χ4v) is 34.4. The van der Waals surface area contributed by atoms with Crippen LogP contribution in [0.15, 0.2) is 66.7 Å². The summed E-state index contributed by atoms with van der Waals surface area (Å²) in [6.07, 6.45) is 8.71. The maximum absolute atomic E-state index is 13.0. The van der Waals surface area contributed by atoms with Crippen molar-refractivity contribution < 1.29 is 45.0 Å². The molecular formula is C47H80O10Si6. The topological polar surface area (TPSA) is 108 Å². The lowest BCUT2D eigenvalue weighted by Gasteiger charge is -2.37. The second-order valence-electron chi connectivity index (χ2n) is 20.7. The predicted octanol–water partition coefficient (Wildman–Crippen LogP) is 13.9. The molecule has 0 spiro atoms. The van der Waals surface area contributed by atoms with Gasteiger partial charge in [-0.1, -0.05) is 38.5 Å². The van der Waals surface area contributed by atoms with Crippen molar-refractivity contribution in [2.45, 2.75) is 162 Å². The Morgan fingerprint density at radius 2 is 0.794 bits per heavy atom. The average Bonchev–Trinajstić information content (AvgIpc) is 3.12. The number of hydrogen-bond acceptors (Lipinski definition) is 10. The van der Waals surface area contributed by atoms with E-state index in [0.29, 0.717) is 52.9 Å². The van der Waals surface area contributed by atoms with Crippen LogP contribution in [0.4, 0.5) is 0 Å². The first-order valence-electron chi connectivity index (χ1n) is 22.9. The van der Waals surface area contributed by atoms with Crippen LogP contribution in [-0.2, 0) is 16.5 Å². The van der Waals surface area contributed by atoms with E-state index >= 15 is 0 Å². The van der Waals surface area contributed by atoms with Gasteiger partial charge in [0.15, 0.2) is 33.3 Å². The van der Waals surface area contributed by atoms with E-state index in [-0.39, 0.29) is 0 Å². The van der Waals surface area contributed by atoms with E-state index in [4.69, 9.17) is 35.4 Å². The van der Waals surface area contributed by atoms with Crippen LogP contribution < -0.4 is 18.9 Å². The minimum Gasteiger partial charge on any atom is -0.494 e. The molecule has 0 atom stereocenters. The molecule has 0 amide bonds. The largest absolute Gasteiger partial charge is 0.494 e. The summed E-state index contributed by atoms with van der Waals surface area (Å²) >= 11 is 0. The molecule has 0 fully saturated rings. The van der Waals surface area contributed by atoms with Crippen molar-refractivity contribution in [3.05, 3.63) is 83.4 Å². The van der Waals surface area contributed by atoms with Crippen molar-refractivity contribution in [3.63, 3.8) is 0 Å². The van der Waals surface area contributed by atoms with E-state index in [1.165, 1.54) is 0 Å². The van der Waals surface area contributed by atoms with E-state index in [0.717, 1.165) is 63.5 Å². The van der Waals surface area contributed by atoms with Gasteiger partial charge in [-0.2, -0.15) is 0 Å². The third-order valence-corrected chi connectivity index (χ3v) is 30.1. The van der Waals surface area contributed by atoms with E-state index in [1.807, 2.05) is 0 Å². The van der Waals surface area contributed by atoms with Crippen molar-refractivity contribution in [2.75, 3.05) is 13.2 Å². The first-order chi connectivity index (χ1) is 29.1. The van der Waals surface area contributed by atoms with Crippen LogP contribution in [0.3, 0.4) is 0 Å². The van der Waals surface area contributed by atoms with E-state index < -0.39 is 62.3 Å². The number of rotatable bonds is 28. The van der Waals surface area contributed by atoms with Crippen LogP contribution in [0.5, 0.6) is 23.0 Å². The van der Waals surface area contributed by atoms with Gasteiger partial charge in [0.25, 0.3) is 0 Å². The Kier molecular flexibility index (Phi) is 21.0. The maximum Gasteiger partial charge on any atom is 0.343 e. The zero-order chi connectivity index (χ0) is 47.1. The van der Waals surface area contributed by atoms with Gasteiger partial charge in [-0.3, -0.25) is 0 Å². The molecule has 0 N–H and O–H groups in total. The number of benzene rings is 3. The van der Waals surface area contributed by atoms with Gasteiger partial charge >= 0.3 is 29.1 Å². The normalized spacial score (nSPS) is 12.9. The Bertz CT molecular complexity index is 1870. The van der Waals surface area contributed by atoms with Crippen LogP contribution in [0.1, 0.15) is 77.6 Å². The fraction of sp³-hybridized carbons (Fsp3) is 0.574. The quantitative estimate of drug-likeness (QED) is 0.0302. The lowest BCUT2D eigenvalue weighted by Crippen LogP contribution is -2.51. The molecule has 10 nitrogen and oxygen atoms in total. The smallest absolute Gasteiger partial charge is 0.343 e. The minimum absolute atomic E-state index is 0.357. The van der Waals surface area contributed by atoms with Crippen molar-refractivity contribution >= 4 is 62.3 Å². The van der Waals surface area contributed by atoms with E-state index in [9.17, 15) is 9.59 Å². The van der Waals surface area contributed by atoms with Crippen LogP contribution in [0, 0.1) is 6.92 Å². The third-order valence-electron chi connectivity index (χ3n) is 9.77. The lowest BCUT2D eigenvalue weighted by atomic mass is 10.2. The number of ether oxygens (including phenoxy) is 4. The molecule has 0 aliphatic carbocycles. The summed E-state index contributed by atoms with van der Waals surface area (Å²) < 4.78 is 49.3. The summed E-state index contributed by atoms with van der Waals surface area (Å²) in [7, 11) is -11.0. The average molecular weight is 974 g/mol. The maximum atomic E-state index is 13.0. The Balaban J connectivity index is 1.33. The Labute approximate surface area is 387 Å². The Hall–Kier alpha value is -2.66. The van der Waals surface area contributed by atoms with Gasteiger partial charge in [-0.15, -0.1) is 0 Å². The van der Waals surface area contributed by atoms with Crippen LogP contribution in [0.2, 0.25) is 104 Å². The molecule has 0 heterocycles. The lowest BCUT2D eigenvalue weighted by molar-refractivity contribution is 0.0718. The summed E-state index contributed by atoms with van der Waals surface area (Å²) in [5, 5.41) is 0. The first kappa shape index (κ1) is 54.7. The third kappa shape index (κ3) is 22.9. The summed E-state index contributed by atoms with van der Waals surface area (Å²) in [6.45, 7) is 34.4. The summed E-state index contributed by atoms with van der Waals surface area (Å²) in [6, 6.07) is 21.2. The highest BCUT2D eigenvalue weighted by Gasteiger charge is 2.38. The van der Waals surface area contributed by atoms with Crippen molar-refractivity contribution in [2.24, 2.45) is 0 Å². The molecule has 3 rings (SSSR count). The number of hydrogen-bond donors (Lipinski definition) is 0. The van der Waals surface area contributed by atoms with Gasteiger partial charge in [0.05, 0.1) is 24.3 Å². The highest BCUT2D eigenvalue weighted by molar-refractivity contribution is 6.88. The second kappa shape index (κ2) is 24.2. The number of unbranched alkanes of at least 4 members (excludes halogenated alkanes) is 6. The van der Waals surface area contributed by atoms with Gasteiger partial charge in [-0.25, -0.2) is 9.59 Å². The highest BCUT2D eigenvalue weighted by Crippen LogP contribution is 2.28. The second-order valence-corrected chi connectivity index (χ2v) is 46.1. The zero-order valence-corrected chi connectivity index (χ0v) is 47.4. The van der Waals surface area contributed by atoms with Gasteiger partial charge in [0.2, 0.25) is 0 Å².